The molecule has 3 heteroatoms. The van der Waals surface area contributed by atoms with Crippen LogP contribution in [0.4, 0.5) is 5.69 Å². The molecule has 1 fully saturated rings. The molecule has 3 nitrogen and oxygen atoms in total. The molecule has 1 aliphatic carbocycles. The van der Waals surface area contributed by atoms with Gasteiger partial charge in [0.25, 0.3) is 5.91 Å². The normalized spacial score (nSPS) is 22.3. The topological polar surface area (TPSA) is 41.1 Å². The highest BCUT2D eigenvalue weighted by Gasteiger charge is 2.20. The molecule has 0 spiro atoms. The van der Waals surface area contributed by atoms with E-state index in [2.05, 4.69) is 24.5 Å². The van der Waals surface area contributed by atoms with Gasteiger partial charge in [-0.25, -0.2) is 0 Å². The first-order valence-electron chi connectivity index (χ1n) is 7.84. The predicted molar refractivity (Wildman–Crippen MR) is 84.1 cm³/mol. The van der Waals surface area contributed by atoms with Gasteiger partial charge in [0.15, 0.2) is 0 Å². The monoisotopic (exact) mass is 274 g/mol. The molecule has 0 aromatic heterocycles. The van der Waals surface area contributed by atoms with Crippen LogP contribution in [0.3, 0.4) is 0 Å². The summed E-state index contributed by atoms with van der Waals surface area (Å²) in [6.45, 7) is 5.39. The number of rotatable bonds is 5. The largest absolute Gasteiger partial charge is 0.385 e. The maximum Gasteiger partial charge on any atom is 0.251 e. The number of hydrogen-bond donors (Lipinski definition) is 2. The van der Waals surface area contributed by atoms with Crippen molar-refractivity contribution in [3.05, 3.63) is 29.8 Å². The Bertz CT molecular complexity index is 419. The van der Waals surface area contributed by atoms with Gasteiger partial charge in [-0.1, -0.05) is 13.8 Å². The zero-order valence-electron chi connectivity index (χ0n) is 12.6. The lowest BCUT2D eigenvalue weighted by molar-refractivity contribution is 0.0923. The van der Waals surface area contributed by atoms with E-state index >= 15 is 0 Å². The minimum atomic E-state index is 0.0617. The van der Waals surface area contributed by atoms with Crippen LogP contribution in [0.5, 0.6) is 0 Å². The van der Waals surface area contributed by atoms with E-state index in [1.807, 2.05) is 24.3 Å². The number of amides is 1. The number of carbonyl (C=O) groups excluding carboxylic acids is 1. The molecule has 0 heterocycles. The van der Waals surface area contributed by atoms with Crippen molar-refractivity contribution >= 4 is 11.6 Å². The smallest absolute Gasteiger partial charge is 0.251 e. The van der Waals surface area contributed by atoms with E-state index in [0.29, 0.717) is 6.04 Å². The highest BCUT2D eigenvalue weighted by atomic mass is 16.1. The second-order valence-electron chi connectivity index (χ2n) is 5.93. The summed E-state index contributed by atoms with van der Waals surface area (Å²) < 4.78 is 0. The Kier molecular flexibility index (Phi) is 5.45. The van der Waals surface area contributed by atoms with Gasteiger partial charge in [0.2, 0.25) is 0 Å². The quantitative estimate of drug-likeness (QED) is 0.857. The molecule has 2 N–H and O–H groups in total. The summed E-state index contributed by atoms with van der Waals surface area (Å²) in [6, 6.07) is 8.12. The first kappa shape index (κ1) is 14.9. The number of benzene rings is 1. The maximum absolute atomic E-state index is 12.2. The molecule has 0 unspecified atom stereocenters. The van der Waals surface area contributed by atoms with E-state index in [1.165, 1.54) is 12.8 Å². The van der Waals surface area contributed by atoms with Gasteiger partial charge < -0.3 is 10.6 Å². The fourth-order valence-corrected chi connectivity index (χ4v) is 2.68. The molecular formula is C17H26N2O. The molecule has 0 radical (unpaired) electrons. The Morgan fingerprint density at radius 1 is 1.15 bits per heavy atom. The van der Waals surface area contributed by atoms with E-state index in [1.54, 1.807) is 0 Å². The molecule has 110 valence electrons. The van der Waals surface area contributed by atoms with Gasteiger partial charge in [0.05, 0.1) is 0 Å². The van der Waals surface area contributed by atoms with Gasteiger partial charge in [-0.05, 0) is 62.3 Å². The van der Waals surface area contributed by atoms with Crippen LogP contribution in [0.15, 0.2) is 24.3 Å². The third-order valence-corrected chi connectivity index (χ3v) is 4.08. The van der Waals surface area contributed by atoms with Crippen molar-refractivity contribution in [3.8, 4) is 0 Å². The zero-order chi connectivity index (χ0) is 14.4. The SMILES string of the molecule is CCCNc1ccc(C(=O)NC2CCC(C)CC2)cc1. The van der Waals surface area contributed by atoms with E-state index in [9.17, 15) is 4.79 Å². The van der Waals surface area contributed by atoms with Crippen LogP contribution in [0.2, 0.25) is 0 Å². The molecule has 0 saturated heterocycles. The van der Waals surface area contributed by atoms with Crippen molar-refractivity contribution in [2.24, 2.45) is 5.92 Å². The molecule has 1 aromatic carbocycles. The molecular weight excluding hydrogens is 248 g/mol. The predicted octanol–water partition coefficient (Wildman–Crippen LogP) is 3.82. The van der Waals surface area contributed by atoms with Crippen molar-refractivity contribution in [3.63, 3.8) is 0 Å². The lowest BCUT2D eigenvalue weighted by Gasteiger charge is -2.26. The van der Waals surface area contributed by atoms with E-state index < -0.39 is 0 Å². The van der Waals surface area contributed by atoms with E-state index in [0.717, 1.165) is 43.0 Å². The molecule has 0 aliphatic heterocycles. The summed E-state index contributed by atoms with van der Waals surface area (Å²) >= 11 is 0. The van der Waals surface area contributed by atoms with E-state index in [-0.39, 0.29) is 5.91 Å². The van der Waals surface area contributed by atoms with Gasteiger partial charge in [-0.2, -0.15) is 0 Å². The second-order valence-corrected chi connectivity index (χ2v) is 5.93. The summed E-state index contributed by atoms with van der Waals surface area (Å²) in [5.41, 5.74) is 1.83. The number of nitrogens with one attached hydrogen (secondary N) is 2. The molecule has 1 aromatic rings. The Balaban J connectivity index is 1.85. The summed E-state index contributed by atoms with van der Waals surface area (Å²) in [4.78, 5) is 12.2. The molecule has 0 bridgehead atoms. The van der Waals surface area contributed by atoms with Gasteiger partial charge in [0, 0.05) is 23.8 Å². The fraction of sp³-hybridized carbons (Fsp3) is 0.588. The standard InChI is InChI=1S/C17H26N2O/c1-3-12-18-15-10-6-14(7-11-15)17(20)19-16-8-4-13(2)5-9-16/h6-7,10-11,13,16,18H,3-5,8-9,12H2,1-2H3,(H,19,20). The molecule has 1 saturated carbocycles. The first-order chi connectivity index (χ1) is 9.69. The Morgan fingerprint density at radius 3 is 2.40 bits per heavy atom. The minimum absolute atomic E-state index is 0.0617. The van der Waals surface area contributed by atoms with Gasteiger partial charge in [0.1, 0.15) is 0 Å². The first-order valence-corrected chi connectivity index (χ1v) is 7.84. The fourth-order valence-electron chi connectivity index (χ4n) is 2.68. The van der Waals surface area contributed by atoms with Gasteiger partial charge in [-0.3, -0.25) is 4.79 Å². The molecule has 1 amide bonds. The summed E-state index contributed by atoms with van der Waals surface area (Å²) in [5, 5.41) is 6.47. The third-order valence-electron chi connectivity index (χ3n) is 4.08. The zero-order valence-corrected chi connectivity index (χ0v) is 12.6. The van der Waals surface area contributed by atoms with Crippen molar-refractivity contribution in [2.45, 2.75) is 52.0 Å². The summed E-state index contributed by atoms with van der Waals surface area (Å²) in [6.07, 6.45) is 5.78. The molecule has 1 aliphatic rings. The lowest BCUT2D eigenvalue weighted by atomic mass is 9.87. The van der Waals surface area contributed by atoms with E-state index in [4.69, 9.17) is 0 Å². The van der Waals surface area contributed by atoms with Crippen LogP contribution in [0.25, 0.3) is 0 Å². The Labute approximate surface area is 122 Å². The highest BCUT2D eigenvalue weighted by molar-refractivity contribution is 5.94. The van der Waals surface area contributed by atoms with Crippen molar-refractivity contribution in [2.75, 3.05) is 11.9 Å². The third kappa shape index (κ3) is 4.26. The molecule has 2 rings (SSSR count). The van der Waals surface area contributed by atoms with Crippen LogP contribution in [0, 0.1) is 5.92 Å². The number of carbonyl (C=O) groups is 1. The van der Waals surface area contributed by atoms with Gasteiger partial charge in [-0.15, -0.1) is 0 Å². The number of anilines is 1. The average molecular weight is 274 g/mol. The Hall–Kier alpha value is -1.51. The van der Waals surface area contributed by atoms with Crippen LogP contribution in [-0.4, -0.2) is 18.5 Å². The average Bonchev–Trinajstić information content (AvgIpc) is 2.48. The van der Waals surface area contributed by atoms with Crippen LogP contribution < -0.4 is 10.6 Å². The Morgan fingerprint density at radius 2 is 1.80 bits per heavy atom. The molecule has 20 heavy (non-hydrogen) atoms. The van der Waals surface area contributed by atoms with Crippen molar-refractivity contribution < 1.29 is 4.79 Å². The highest BCUT2D eigenvalue weighted by Crippen LogP contribution is 2.23. The molecule has 0 atom stereocenters. The van der Waals surface area contributed by atoms with Gasteiger partial charge >= 0.3 is 0 Å². The van der Waals surface area contributed by atoms with Crippen molar-refractivity contribution in [1.82, 2.24) is 5.32 Å². The second kappa shape index (κ2) is 7.32. The van der Waals surface area contributed by atoms with Crippen LogP contribution >= 0.6 is 0 Å². The summed E-state index contributed by atoms with van der Waals surface area (Å²) in [7, 11) is 0. The maximum atomic E-state index is 12.2. The minimum Gasteiger partial charge on any atom is -0.385 e. The number of hydrogen-bond acceptors (Lipinski definition) is 2. The van der Waals surface area contributed by atoms with Crippen molar-refractivity contribution in [1.29, 1.82) is 0 Å². The van der Waals surface area contributed by atoms with Crippen LogP contribution in [-0.2, 0) is 0 Å². The summed E-state index contributed by atoms with van der Waals surface area (Å²) in [5.74, 6) is 0.874. The van der Waals surface area contributed by atoms with Crippen LogP contribution in [0.1, 0.15) is 56.3 Å². The lowest BCUT2D eigenvalue weighted by Crippen LogP contribution is -2.37.